The van der Waals surface area contributed by atoms with Crippen LogP contribution in [0.3, 0.4) is 0 Å². The third kappa shape index (κ3) is 4.41. The number of nitrogens with one attached hydrogen (secondary N) is 1. The van der Waals surface area contributed by atoms with Crippen molar-refractivity contribution in [2.45, 2.75) is 40.5 Å². The predicted molar refractivity (Wildman–Crippen MR) is 51.8 cm³/mol. The molecular formula is C10H23N. The maximum Gasteiger partial charge on any atom is 0.000215 e. The van der Waals surface area contributed by atoms with E-state index in [1.54, 1.807) is 0 Å². The van der Waals surface area contributed by atoms with E-state index in [-0.39, 0.29) is 0 Å². The van der Waals surface area contributed by atoms with Gasteiger partial charge in [0.15, 0.2) is 0 Å². The van der Waals surface area contributed by atoms with Crippen molar-refractivity contribution < 1.29 is 0 Å². The maximum atomic E-state index is 3.26. The normalized spacial score (nSPS) is 16.9. The van der Waals surface area contributed by atoms with Gasteiger partial charge in [-0.1, -0.05) is 27.7 Å². The van der Waals surface area contributed by atoms with Crippen LogP contribution in [0.2, 0.25) is 0 Å². The molecule has 0 aliphatic carbocycles. The Morgan fingerprint density at radius 1 is 1.36 bits per heavy atom. The zero-order valence-electron chi connectivity index (χ0n) is 8.70. The lowest BCUT2D eigenvalue weighted by atomic mass is 9.80. The molecule has 0 bridgehead atoms. The predicted octanol–water partition coefficient (Wildman–Crippen LogP) is 2.67. The summed E-state index contributed by atoms with van der Waals surface area (Å²) in [6, 6.07) is 0. The third-order valence-electron chi connectivity index (χ3n) is 2.36. The van der Waals surface area contributed by atoms with Gasteiger partial charge in [-0.05, 0) is 31.2 Å². The van der Waals surface area contributed by atoms with E-state index in [0.717, 1.165) is 12.5 Å². The van der Waals surface area contributed by atoms with Crippen LogP contribution in [0.15, 0.2) is 0 Å². The Morgan fingerprint density at radius 2 is 1.91 bits per heavy atom. The first kappa shape index (κ1) is 11.0. The van der Waals surface area contributed by atoms with E-state index >= 15 is 0 Å². The smallest absolute Gasteiger partial charge is 0.000215 e. The van der Waals surface area contributed by atoms with Gasteiger partial charge in [0.1, 0.15) is 0 Å². The van der Waals surface area contributed by atoms with Crippen LogP contribution in [0.4, 0.5) is 0 Å². The van der Waals surface area contributed by atoms with Crippen molar-refractivity contribution in [2.75, 3.05) is 13.6 Å². The lowest BCUT2D eigenvalue weighted by Gasteiger charge is -2.29. The standard InChI is InChI=1S/C10H23N/c1-6-10(4,8-11-5)7-9(2)3/h9,11H,6-8H2,1-5H3. The van der Waals surface area contributed by atoms with Crippen molar-refractivity contribution >= 4 is 0 Å². The third-order valence-corrected chi connectivity index (χ3v) is 2.36. The van der Waals surface area contributed by atoms with Crippen molar-refractivity contribution in [3.8, 4) is 0 Å². The van der Waals surface area contributed by atoms with Gasteiger partial charge >= 0.3 is 0 Å². The fourth-order valence-corrected chi connectivity index (χ4v) is 1.75. The van der Waals surface area contributed by atoms with Crippen LogP contribution in [-0.4, -0.2) is 13.6 Å². The van der Waals surface area contributed by atoms with Crippen LogP contribution in [-0.2, 0) is 0 Å². The lowest BCUT2D eigenvalue weighted by molar-refractivity contribution is 0.241. The Labute approximate surface area is 71.6 Å². The first-order valence-electron chi connectivity index (χ1n) is 4.68. The SMILES string of the molecule is CCC(C)(CNC)CC(C)C. The van der Waals surface area contributed by atoms with Crippen molar-refractivity contribution in [3.63, 3.8) is 0 Å². The van der Waals surface area contributed by atoms with E-state index < -0.39 is 0 Å². The van der Waals surface area contributed by atoms with E-state index in [2.05, 4.69) is 33.0 Å². The summed E-state index contributed by atoms with van der Waals surface area (Å²) in [5.74, 6) is 0.813. The summed E-state index contributed by atoms with van der Waals surface area (Å²) in [7, 11) is 2.04. The molecule has 0 amide bonds. The second kappa shape index (κ2) is 4.76. The summed E-state index contributed by atoms with van der Waals surface area (Å²) in [4.78, 5) is 0. The van der Waals surface area contributed by atoms with Gasteiger partial charge < -0.3 is 5.32 Å². The molecule has 1 N–H and O–H groups in total. The van der Waals surface area contributed by atoms with Gasteiger partial charge in [0.05, 0.1) is 0 Å². The average molecular weight is 157 g/mol. The van der Waals surface area contributed by atoms with Gasteiger partial charge in [-0.25, -0.2) is 0 Å². The van der Waals surface area contributed by atoms with E-state index in [1.807, 2.05) is 7.05 Å². The molecule has 0 aromatic carbocycles. The molecule has 1 atom stereocenters. The van der Waals surface area contributed by atoms with Crippen LogP contribution >= 0.6 is 0 Å². The first-order valence-corrected chi connectivity index (χ1v) is 4.68. The largest absolute Gasteiger partial charge is 0.319 e. The molecule has 0 radical (unpaired) electrons. The van der Waals surface area contributed by atoms with Gasteiger partial charge in [0.25, 0.3) is 0 Å². The van der Waals surface area contributed by atoms with Gasteiger partial charge in [-0.3, -0.25) is 0 Å². The van der Waals surface area contributed by atoms with Crippen molar-refractivity contribution in [1.29, 1.82) is 0 Å². The summed E-state index contributed by atoms with van der Waals surface area (Å²) in [6.45, 7) is 10.4. The fraction of sp³-hybridized carbons (Fsp3) is 1.00. The minimum atomic E-state index is 0.503. The summed E-state index contributed by atoms with van der Waals surface area (Å²) in [5.41, 5.74) is 0.503. The van der Waals surface area contributed by atoms with Crippen molar-refractivity contribution in [2.24, 2.45) is 11.3 Å². The molecule has 0 rings (SSSR count). The molecule has 11 heavy (non-hydrogen) atoms. The molecule has 0 fully saturated rings. The van der Waals surface area contributed by atoms with Gasteiger partial charge in [-0.15, -0.1) is 0 Å². The number of rotatable bonds is 5. The van der Waals surface area contributed by atoms with Crippen LogP contribution in [0.1, 0.15) is 40.5 Å². The second-order valence-corrected chi connectivity index (χ2v) is 4.29. The molecule has 0 saturated carbocycles. The molecule has 1 unspecified atom stereocenters. The molecule has 0 heterocycles. The first-order chi connectivity index (χ1) is 5.04. The van der Waals surface area contributed by atoms with Crippen LogP contribution in [0, 0.1) is 11.3 Å². The highest BCUT2D eigenvalue weighted by Gasteiger charge is 2.21. The summed E-state index contributed by atoms with van der Waals surface area (Å²) < 4.78 is 0. The van der Waals surface area contributed by atoms with Crippen molar-refractivity contribution in [1.82, 2.24) is 5.32 Å². The highest BCUT2D eigenvalue weighted by atomic mass is 14.8. The minimum absolute atomic E-state index is 0.503. The molecule has 0 saturated heterocycles. The van der Waals surface area contributed by atoms with Crippen LogP contribution < -0.4 is 5.32 Å². The minimum Gasteiger partial charge on any atom is -0.319 e. The molecule has 0 spiro atoms. The molecular weight excluding hydrogens is 134 g/mol. The Morgan fingerprint density at radius 3 is 2.18 bits per heavy atom. The molecule has 0 aromatic heterocycles. The maximum absolute atomic E-state index is 3.26. The molecule has 1 nitrogen and oxygen atoms in total. The fourth-order valence-electron chi connectivity index (χ4n) is 1.75. The average Bonchev–Trinajstić information content (AvgIpc) is 1.87. The Hall–Kier alpha value is -0.0400. The molecule has 1 heteroatoms. The molecule has 0 aromatic rings. The Kier molecular flexibility index (Phi) is 4.74. The molecule has 0 aliphatic rings. The highest BCUT2D eigenvalue weighted by molar-refractivity contribution is 4.75. The van der Waals surface area contributed by atoms with E-state index in [4.69, 9.17) is 0 Å². The summed E-state index contributed by atoms with van der Waals surface area (Å²) >= 11 is 0. The summed E-state index contributed by atoms with van der Waals surface area (Å²) in [5, 5.41) is 3.26. The lowest BCUT2D eigenvalue weighted by Crippen LogP contribution is -2.30. The van der Waals surface area contributed by atoms with Crippen molar-refractivity contribution in [3.05, 3.63) is 0 Å². The van der Waals surface area contributed by atoms with Gasteiger partial charge in [-0.2, -0.15) is 0 Å². The van der Waals surface area contributed by atoms with E-state index in [0.29, 0.717) is 5.41 Å². The monoisotopic (exact) mass is 157 g/mol. The summed E-state index contributed by atoms with van der Waals surface area (Å²) in [6.07, 6.45) is 2.59. The Balaban J connectivity index is 3.87. The second-order valence-electron chi connectivity index (χ2n) is 4.29. The van der Waals surface area contributed by atoms with Crippen LogP contribution in [0.25, 0.3) is 0 Å². The quantitative estimate of drug-likeness (QED) is 0.647. The number of hydrogen-bond donors (Lipinski definition) is 1. The molecule has 68 valence electrons. The zero-order valence-corrected chi connectivity index (χ0v) is 8.70. The van der Waals surface area contributed by atoms with Gasteiger partial charge in [0, 0.05) is 6.54 Å². The molecule has 0 aliphatic heterocycles. The topological polar surface area (TPSA) is 12.0 Å². The number of hydrogen-bond acceptors (Lipinski definition) is 1. The van der Waals surface area contributed by atoms with E-state index in [9.17, 15) is 0 Å². The Bertz CT molecular complexity index is 99.0. The van der Waals surface area contributed by atoms with Crippen LogP contribution in [0.5, 0.6) is 0 Å². The zero-order chi connectivity index (χ0) is 8.91. The van der Waals surface area contributed by atoms with E-state index in [1.165, 1.54) is 12.8 Å². The van der Waals surface area contributed by atoms with Gasteiger partial charge in [0.2, 0.25) is 0 Å². The highest BCUT2D eigenvalue weighted by Crippen LogP contribution is 2.28.